The largest absolute Gasteiger partial charge is 0.273 e. The first-order chi connectivity index (χ1) is 9.78. The molecule has 0 aliphatic carbocycles. The van der Waals surface area contributed by atoms with Crippen LogP contribution in [-0.2, 0) is 11.2 Å². The second-order valence-electron chi connectivity index (χ2n) is 4.19. The van der Waals surface area contributed by atoms with Gasteiger partial charge in [-0.05, 0) is 23.3 Å². The zero-order chi connectivity index (χ0) is 14.2. The van der Waals surface area contributed by atoms with Gasteiger partial charge in [-0.15, -0.1) is 0 Å². The molecule has 4 nitrogen and oxygen atoms in total. The van der Waals surface area contributed by atoms with E-state index in [4.69, 9.17) is 5.26 Å². The highest BCUT2D eigenvalue weighted by atomic mass is 16.2. The van der Waals surface area contributed by atoms with Gasteiger partial charge in [0.25, 0.3) is 0 Å². The molecule has 2 aromatic carbocycles. The summed E-state index contributed by atoms with van der Waals surface area (Å²) in [5, 5.41) is 12.6. The molecule has 2 rings (SSSR count). The van der Waals surface area contributed by atoms with Gasteiger partial charge in [0.2, 0.25) is 5.91 Å². The maximum atomic E-state index is 11.6. The number of hydrogen-bond acceptors (Lipinski definition) is 3. The minimum Gasteiger partial charge on any atom is -0.273 e. The lowest BCUT2D eigenvalue weighted by Gasteiger charge is -1.99. The third kappa shape index (κ3) is 4.07. The van der Waals surface area contributed by atoms with E-state index in [2.05, 4.69) is 10.5 Å². The molecule has 2 aromatic rings. The smallest absolute Gasteiger partial charge is 0.244 e. The molecule has 0 aliphatic heterocycles. The fourth-order valence-corrected chi connectivity index (χ4v) is 1.64. The van der Waals surface area contributed by atoms with Crippen molar-refractivity contribution in [2.75, 3.05) is 0 Å². The molecule has 0 fully saturated rings. The van der Waals surface area contributed by atoms with Gasteiger partial charge in [-0.3, -0.25) is 4.79 Å². The molecular formula is C16H13N3O. The van der Waals surface area contributed by atoms with E-state index < -0.39 is 0 Å². The van der Waals surface area contributed by atoms with Crippen LogP contribution in [0.1, 0.15) is 16.7 Å². The number of nitrogens with zero attached hydrogens (tertiary/aromatic N) is 2. The standard InChI is InChI=1S/C16H13N3O/c17-11-14-6-8-15(9-7-14)12-18-19-16(20)10-13-4-2-1-3-5-13/h1-9,12H,10H2,(H,19,20). The Morgan fingerprint density at radius 3 is 2.50 bits per heavy atom. The molecular weight excluding hydrogens is 250 g/mol. The quantitative estimate of drug-likeness (QED) is 0.679. The highest BCUT2D eigenvalue weighted by molar-refractivity contribution is 5.83. The lowest BCUT2D eigenvalue weighted by Crippen LogP contribution is -2.19. The Balaban J connectivity index is 1.86. The van der Waals surface area contributed by atoms with Gasteiger partial charge in [0.05, 0.1) is 24.3 Å². The maximum absolute atomic E-state index is 11.6. The van der Waals surface area contributed by atoms with Gasteiger partial charge in [0.1, 0.15) is 0 Å². The molecule has 0 heterocycles. The normalized spacial score (nSPS) is 10.2. The average Bonchev–Trinajstić information content (AvgIpc) is 2.49. The predicted octanol–water partition coefficient (Wildman–Crippen LogP) is 2.25. The number of carbonyl (C=O) groups excluding carboxylic acids is 1. The Morgan fingerprint density at radius 1 is 1.15 bits per heavy atom. The summed E-state index contributed by atoms with van der Waals surface area (Å²) in [7, 11) is 0. The Bertz CT molecular complexity index is 640. The Kier molecular flexibility index (Phi) is 4.63. The summed E-state index contributed by atoms with van der Waals surface area (Å²) in [4.78, 5) is 11.6. The van der Waals surface area contributed by atoms with Crippen molar-refractivity contribution >= 4 is 12.1 Å². The van der Waals surface area contributed by atoms with Gasteiger partial charge in [-0.25, -0.2) is 5.43 Å². The molecule has 4 heteroatoms. The van der Waals surface area contributed by atoms with Gasteiger partial charge in [0, 0.05) is 0 Å². The number of amides is 1. The van der Waals surface area contributed by atoms with Crippen LogP contribution in [0.2, 0.25) is 0 Å². The summed E-state index contributed by atoms with van der Waals surface area (Å²) in [6, 6.07) is 18.5. The van der Waals surface area contributed by atoms with Crippen molar-refractivity contribution in [3.05, 3.63) is 71.3 Å². The minimum absolute atomic E-state index is 0.166. The van der Waals surface area contributed by atoms with E-state index in [1.54, 1.807) is 30.5 Å². The Hall–Kier alpha value is -2.93. The van der Waals surface area contributed by atoms with Crippen molar-refractivity contribution in [1.82, 2.24) is 5.43 Å². The van der Waals surface area contributed by atoms with Crippen molar-refractivity contribution in [2.45, 2.75) is 6.42 Å². The van der Waals surface area contributed by atoms with Crippen LogP contribution >= 0.6 is 0 Å². The fourth-order valence-electron chi connectivity index (χ4n) is 1.64. The first kappa shape index (κ1) is 13.5. The van der Waals surface area contributed by atoms with E-state index in [1.165, 1.54) is 0 Å². The molecule has 1 amide bonds. The number of carbonyl (C=O) groups is 1. The van der Waals surface area contributed by atoms with Crippen LogP contribution in [0, 0.1) is 11.3 Å². The second kappa shape index (κ2) is 6.86. The zero-order valence-corrected chi connectivity index (χ0v) is 10.8. The van der Waals surface area contributed by atoms with Crippen LogP contribution in [0.25, 0.3) is 0 Å². The monoisotopic (exact) mass is 263 g/mol. The lowest BCUT2D eigenvalue weighted by atomic mass is 10.1. The van der Waals surface area contributed by atoms with Crippen LogP contribution in [0.4, 0.5) is 0 Å². The first-order valence-electron chi connectivity index (χ1n) is 6.14. The van der Waals surface area contributed by atoms with Gasteiger partial charge in [0.15, 0.2) is 0 Å². The van der Waals surface area contributed by atoms with Crippen molar-refractivity contribution in [1.29, 1.82) is 5.26 Å². The number of nitrogens with one attached hydrogen (secondary N) is 1. The summed E-state index contributed by atoms with van der Waals surface area (Å²) in [5.74, 6) is -0.166. The van der Waals surface area contributed by atoms with Crippen molar-refractivity contribution in [3.63, 3.8) is 0 Å². The van der Waals surface area contributed by atoms with Crippen molar-refractivity contribution in [2.24, 2.45) is 5.10 Å². The number of benzene rings is 2. The molecule has 1 N–H and O–H groups in total. The SMILES string of the molecule is N#Cc1ccc(C=NNC(=O)Cc2ccccc2)cc1. The van der Waals surface area contributed by atoms with E-state index in [-0.39, 0.29) is 5.91 Å². The topological polar surface area (TPSA) is 65.2 Å². The molecule has 0 saturated carbocycles. The van der Waals surface area contributed by atoms with Gasteiger partial charge >= 0.3 is 0 Å². The third-order valence-electron chi connectivity index (χ3n) is 2.65. The van der Waals surface area contributed by atoms with Gasteiger partial charge in [-0.1, -0.05) is 42.5 Å². The molecule has 20 heavy (non-hydrogen) atoms. The molecule has 98 valence electrons. The van der Waals surface area contributed by atoms with Crippen LogP contribution in [0.5, 0.6) is 0 Å². The van der Waals surface area contributed by atoms with Crippen LogP contribution < -0.4 is 5.43 Å². The molecule has 0 unspecified atom stereocenters. The maximum Gasteiger partial charge on any atom is 0.244 e. The van der Waals surface area contributed by atoms with E-state index in [0.717, 1.165) is 11.1 Å². The van der Waals surface area contributed by atoms with E-state index in [1.807, 2.05) is 36.4 Å². The number of hydrazone groups is 1. The molecule has 0 aromatic heterocycles. The van der Waals surface area contributed by atoms with E-state index >= 15 is 0 Å². The third-order valence-corrected chi connectivity index (χ3v) is 2.65. The molecule has 0 aliphatic rings. The molecule has 0 atom stereocenters. The lowest BCUT2D eigenvalue weighted by molar-refractivity contribution is -0.120. The summed E-state index contributed by atoms with van der Waals surface area (Å²) in [6.45, 7) is 0. The van der Waals surface area contributed by atoms with Crippen LogP contribution in [0.3, 0.4) is 0 Å². The summed E-state index contributed by atoms with van der Waals surface area (Å²) >= 11 is 0. The number of hydrogen-bond donors (Lipinski definition) is 1. The van der Waals surface area contributed by atoms with Crippen molar-refractivity contribution < 1.29 is 4.79 Å². The minimum atomic E-state index is -0.166. The second-order valence-corrected chi connectivity index (χ2v) is 4.19. The highest BCUT2D eigenvalue weighted by Gasteiger charge is 2.00. The summed E-state index contributed by atoms with van der Waals surface area (Å²) < 4.78 is 0. The highest BCUT2D eigenvalue weighted by Crippen LogP contribution is 2.01. The fraction of sp³-hybridized carbons (Fsp3) is 0.0625. The van der Waals surface area contributed by atoms with E-state index in [9.17, 15) is 4.79 Å². The zero-order valence-electron chi connectivity index (χ0n) is 10.8. The summed E-state index contributed by atoms with van der Waals surface area (Å²) in [5.41, 5.74) is 4.83. The van der Waals surface area contributed by atoms with Crippen molar-refractivity contribution in [3.8, 4) is 6.07 Å². The Labute approximate surface area is 117 Å². The number of rotatable bonds is 4. The average molecular weight is 263 g/mol. The summed E-state index contributed by atoms with van der Waals surface area (Å²) in [6.07, 6.45) is 1.84. The Morgan fingerprint density at radius 2 is 1.85 bits per heavy atom. The first-order valence-corrected chi connectivity index (χ1v) is 6.14. The number of nitriles is 1. The molecule has 0 spiro atoms. The predicted molar refractivity (Wildman–Crippen MR) is 77.0 cm³/mol. The van der Waals surface area contributed by atoms with E-state index in [0.29, 0.717) is 12.0 Å². The molecule has 0 bridgehead atoms. The van der Waals surface area contributed by atoms with Gasteiger partial charge in [-0.2, -0.15) is 10.4 Å². The molecule has 0 radical (unpaired) electrons. The van der Waals surface area contributed by atoms with Gasteiger partial charge < -0.3 is 0 Å². The van der Waals surface area contributed by atoms with Crippen LogP contribution in [-0.4, -0.2) is 12.1 Å². The van der Waals surface area contributed by atoms with Crippen LogP contribution in [0.15, 0.2) is 59.7 Å². The molecule has 0 saturated heterocycles.